The first kappa shape index (κ1) is 13.3. The summed E-state index contributed by atoms with van der Waals surface area (Å²) in [5.41, 5.74) is 4.46. The third-order valence-corrected chi connectivity index (χ3v) is 4.20. The molecule has 1 aliphatic heterocycles. The summed E-state index contributed by atoms with van der Waals surface area (Å²) >= 11 is 1.56. The molecule has 0 spiro atoms. The number of hydrogen-bond donors (Lipinski definition) is 1. The maximum Gasteiger partial charge on any atom is 0.253 e. The summed E-state index contributed by atoms with van der Waals surface area (Å²) in [4.78, 5) is 18.4. The lowest BCUT2D eigenvalue weighted by Crippen LogP contribution is -2.40. The van der Waals surface area contributed by atoms with Crippen molar-refractivity contribution in [1.29, 1.82) is 0 Å². The van der Waals surface area contributed by atoms with Gasteiger partial charge in [-0.25, -0.2) is 4.98 Å². The van der Waals surface area contributed by atoms with E-state index < -0.39 is 0 Å². The number of amides is 1. The molecule has 1 aromatic heterocycles. The molecule has 0 bridgehead atoms. The van der Waals surface area contributed by atoms with E-state index in [1.165, 1.54) is 0 Å². The average Bonchev–Trinajstić information content (AvgIpc) is 3.02. The minimum Gasteiger partial charge on any atom is -0.393 e. The Hall–Kier alpha value is -1.72. The summed E-state index contributed by atoms with van der Waals surface area (Å²) in [5, 5.41) is 11.5. The van der Waals surface area contributed by atoms with Gasteiger partial charge in [0.25, 0.3) is 5.91 Å². The number of carbonyl (C=O) groups excluding carboxylic acids is 1. The number of rotatable bonds is 2. The number of benzene rings is 1. The molecule has 1 fully saturated rings. The lowest BCUT2D eigenvalue weighted by atomic mass is 10.1. The average molecular weight is 288 g/mol. The van der Waals surface area contributed by atoms with Crippen LogP contribution in [0.2, 0.25) is 0 Å². The maximum absolute atomic E-state index is 12.3. The van der Waals surface area contributed by atoms with E-state index in [1.54, 1.807) is 16.8 Å². The molecular weight excluding hydrogens is 272 g/mol. The quantitative estimate of drug-likeness (QED) is 0.923. The summed E-state index contributed by atoms with van der Waals surface area (Å²) in [5.74, 6) is 0.0433. The zero-order valence-electron chi connectivity index (χ0n) is 11.0. The van der Waals surface area contributed by atoms with Crippen molar-refractivity contribution < 1.29 is 9.90 Å². The van der Waals surface area contributed by atoms with Crippen molar-refractivity contribution in [3.63, 3.8) is 0 Å². The van der Waals surface area contributed by atoms with E-state index in [0.717, 1.165) is 11.3 Å². The van der Waals surface area contributed by atoms with Gasteiger partial charge in [-0.2, -0.15) is 0 Å². The summed E-state index contributed by atoms with van der Waals surface area (Å²) in [7, 11) is 0. The lowest BCUT2D eigenvalue weighted by molar-refractivity contribution is 0.0546. The van der Waals surface area contributed by atoms with Gasteiger partial charge in [0.1, 0.15) is 0 Å². The van der Waals surface area contributed by atoms with E-state index in [2.05, 4.69) is 4.98 Å². The van der Waals surface area contributed by atoms with Crippen molar-refractivity contribution in [2.45, 2.75) is 18.9 Å². The zero-order chi connectivity index (χ0) is 13.9. The number of carbonyl (C=O) groups is 1. The normalized spacial score (nSPS) is 16.4. The fourth-order valence-electron chi connectivity index (χ4n) is 2.39. The number of thiazole rings is 1. The number of piperidine rings is 1. The van der Waals surface area contributed by atoms with Crippen LogP contribution in [0.15, 0.2) is 35.2 Å². The Labute approximate surface area is 121 Å². The first-order valence-corrected chi connectivity index (χ1v) is 7.64. The predicted molar refractivity (Wildman–Crippen MR) is 78.7 cm³/mol. The molecule has 1 aromatic carbocycles. The molecule has 0 atom stereocenters. The minimum absolute atomic E-state index is 0.0433. The Balaban J connectivity index is 1.73. The highest BCUT2D eigenvalue weighted by Crippen LogP contribution is 2.20. The van der Waals surface area contributed by atoms with E-state index in [9.17, 15) is 9.90 Å². The third kappa shape index (κ3) is 2.73. The minimum atomic E-state index is -0.258. The fraction of sp³-hybridized carbons (Fsp3) is 0.333. The van der Waals surface area contributed by atoms with Gasteiger partial charge in [-0.1, -0.05) is 12.1 Å². The fourth-order valence-corrected chi connectivity index (χ4v) is 2.95. The van der Waals surface area contributed by atoms with Crippen LogP contribution < -0.4 is 0 Å². The lowest BCUT2D eigenvalue weighted by Gasteiger charge is -2.29. The van der Waals surface area contributed by atoms with Crippen LogP contribution in [0.4, 0.5) is 0 Å². The van der Waals surface area contributed by atoms with Crippen LogP contribution in [0.1, 0.15) is 23.2 Å². The highest BCUT2D eigenvalue weighted by molar-refractivity contribution is 7.07. The number of aliphatic hydroxyl groups is 1. The second-order valence-corrected chi connectivity index (χ2v) is 5.69. The molecule has 0 saturated carbocycles. The number of likely N-dealkylation sites (tertiary alicyclic amines) is 1. The molecule has 20 heavy (non-hydrogen) atoms. The molecule has 1 saturated heterocycles. The molecule has 0 radical (unpaired) electrons. The van der Waals surface area contributed by atoms with Crippen LogP contribution in [-0.2, 0) is 0 Å². The molecule has 2 aromatic rings. The van der Waals surface area contributed by atoms with Gasteiger partial charge in [-0.05, 0) is 25.0 Å². The Bertz CT molecular complexity index is 572. The van der Waals surface area contributed by atoms with Gasteiger partial charge in [0, 0.05) is 29.6 Å². The number of aliphatic hydroxyl groups excluding tert-OH is 1. The van der Waals surface area contributed by atoms with Crippen LogP contribution in [-0.4, -0.2) is 40.1 Å². The standard InChI is InChI=1S/C15H16N2O2S/c18-13-5-7-17(8-6-13)15(19)12-3-1-11(2-4-12)14-9-20-10-16-14/h1-4,9-10,13,18H,5-8H2. The Morgan fingerprint density at radius 3 is 2.55 bits per heavy atom. The number of aromatic nitrogens is 1. The molecule has 2 heterocycles. The van der Waals surface area contributed by atoms with Crippen molar-refractivity contribution in [3.8, 4) is 11.3 Å². The Morgan fingerprint density at radius 1 is 1.25 bits per heavy atom. The number of nitrogens with zero attached hydrogens (tertiary/aromatic N) is 2. The van der Waals surface area contributed by atoms with Gasteiger partial charge in [-0.15, -0.1) is 11.3 Å². The first-order chi connectivity index (χ1) is 9.74. The molecule has 1 amide bonds. The van der Waals surface area contributed by atoms with Crippen LogP contribution >= 0.6 is 11.3 Å². The van der Waals surface area contributed by atoms with Crippen molar-refractivity contribution in [2.75, 3.05) is 13.1 Å². The maximum atomic E-state index is 12.3. The Morgan fingerprint density at radius 2 is 1.95 bits per heavy atom. The van der Waals surface area contributed by atoms with E-state index in [-0.39, 0.29) is 12.0 Å². The van der Waals surface area contributed by atoms with Gasteiger partial charge in [0.05, 0.1) is 17.3 Å². The van der Waals surface area contributed by atoms with Gasteiger partial charge >= 0.3 is 0 Å². The molecule has 5 heteroatoms. The van der Waals surface area contributed by atoms with Crippen LogP contribution in [0.5, 0.6) is 0 Å². The summed E-state index contributed by atoms with van der Waals surface area (Å²) < 4.78 is 0. The van der Waals surface area contributed by atoms with E-state index in [1.807, 2.05) is 34.5 Å². The second-order valence-electron chi connectivity index (χ2n) is 4.97. The van der Waals surface area contributed by atoms with Crippen molar-refractivity contribution in [2.24, 2.45) is 0 Å². The smallest absolute Gasteiger partial charge is 0.253 e. The van der Waals surface area contributed by atoms with Crippen LogP contribution in [0, 0.1) is 0 Å². The van der Waals surface area contributed by atoms with Gasteiger partial charge < -0.3 is 10.0 Å². The third-order valence-electron chi connectivity index (χ3n) is 3.61. The SMILES string of the molecule is O=C(c1ccc(-c2cscn2)cc1)N1CCC(O)CC1. The van der Waals surface area contributed by atoms with Gasteiger partial charge in [0.2, 0.25) is 0 Å². The molecule has 4 nitrogen and oxygen atoms in total. The molecule has 1 aliphatic rings. The predicted octanol–water partition coefficient (Wildman–Crippen LogP) is 2.41. The summed E-state index contributed by atoms with van der Waals surface area (Å²) in [6.45, 7) is 1.27. The number of hydrogen-bond acceptors (Lipinski definition) is 4. The largest absolute Gasteiger partial charge is 0.393 e. The van der Waals surface area contributed by atoms with E-state index in [0.29, 0.717) is 31.5 Å². The second kappa shape index (κ2) is 5.73. The first-order valence-electron chi connectivity index (χ1n) is 6.70. The molecule has 104 valence electrons. The summed E-state index contributed by atoms with van der Waals surface area (Å²) in [6, 6.07) is 7.56. The topological polar surface area (TPSA) is 53.4 Å². The van der Waals surface area contributed by atoms with E-state index in [4.69, 9.17) is 0 Å². The highest BCUT2D eigenvalue weighted by atomic mass is 32.1. The molecule has 1 N–H and O–H groups in total. The molecule has 0 unspecified atom stereocenters. The Kier molecular flexibility index (Phi) is 3.80. The monoisotopic (exact) mass is 288 g/mol. The summed E-state index contributed by atoms with van der Waals surface area (Å²) in [6.07, 6.45) is 1.08. The molecule has 0 aliphatic carbocycles. The van der Waals surface area contributed by atoms with Crippen molar-refractivity contribution in [1.82, 2.24) is 9.88 Å². The molecular formula is C15H16N2O2S. The van der Waals surface area contributed by atoms with Crippen LogP contribution in [0.3, 0.4) is 0 Å². The van der Waals surface area contributed by atoms with Crippen LogP contribution in [0.25, 0.3) is 11.3 Å². The van der Waals surface area contributed by atoms with Gasteiger partial charge in [-0.3, -0.25) is 4.79 Å². The highest BCUT2D eigenvalue weighted by Gasteiger charge is 2.22. The van der Waals surface area contributed by atoms with Crippen molar-refractivity contribution >= 4 is 17.2 Å². The van der Waals surface area contributed by atoms with E-state index >= 15 is 0 Å². The molecule has 3 rings (SSSR count). The zero-order valence-corrected chi connectivity index (χ0v) is 11.8. The van der Waals surface area contributed by atoms with Gasteiger partial charge in [0.15, 0.2) is 0 Å². The van der Waals surface area contributed by atoms with Crippen molar-refractivity contribution in [3.05, 3.63) is 40.7 Å².